The largest absolute Gasteiger partial charge is 0.348 e. The molecule has 228 valence electrons. The van der Waals surface area contributed by atoms with E-state index >= 15 is 0 Å². The molecule has 3 aromatic heterocycles. The zero-order valence-corrected chi connectivity index (χ0v) is 25.1. The second-order valence-electron chi connectivity index (χ2n) is 12.1. The molecule has 1 aliphatic heterocycles. The summed E-state index contributed by atoms with van der Waals surface area (Å²) >= 11 is 0. The molecule has 0 saturated heterocycles. The van der Waals surface area contributed by atoms with Gasteiger partial charge in [-0.25, -0.2) is 19.3 Å². The number of benzene rings is 2. The molecular weight excluding hydrogens is 568 g/mol. The Morgan fingerprint density at radius 2 is 1.78 bits per heavy atom. The molecule has 1 saturated carbocycles. The maximum absolute atomic E-state index is 14.2. The van der Waals surface area contributed by atoms with Crippen LogP contribution in [-0.4, -0.2) is 41.9 Å². The number of nitrogens with one attached hydrogen (secondary N) is 1. The van der Waals surface area contributed by atoms with E-state index in [1.165, 1.54) is 9.13 Å². The quantitative estimate of drug-likeness (QED) is 0.279. The van der Waals surface area contributed by atoms with Crippen LogP contribution in [0.15, 0.2) is 76.6 Å². The summed E-state index contributed by atoms with van der Waals surface area (Å²) in [6.07, 6.45) is 9.84. The molecule has 1 fully saturated rings. The highest BCUT2D eigenvalue weighted by Crippen LogP contribution is 2.29. The average molecular weight is 603 g/mol. The lowest BCUT2D eigenvalue weighted by Gasteiger charge is -2.30. The van der Waals surface area contributed by atoms with Crippen molar-refractivity contribution in [1.29, 1.82) is 0 Å². The van der Waals surface area contributed by atoms with Gasteiger partial charge in [0, 0.05) is 43.0 Å². The average Bonchev–Trinajstić information content (AvgIpc) is 3.51. The van der Waals surface area contributed by atoms with Gasteiger partial charge in [-0.3, -0.25) is 19.0 Å². The summed E-state index contributed by atoms with van der Waals surface area (Å²) in [6, 6.07) is 16.2. The Balaban J connectivity index is 1.19. The van der Waals surface area contributed by atoms with Crippen LogP contribution in [0.4, 0.5) is 0 Å². The van der Waals surface area contributed by atoms with Crippen LogP contribution in [0, 0.1) is 6.92 Å². The first-order valence-corrected chi connectivity index (χ1v) is 15.6. The van der Waals surface area contributed by atoms with Crippen molar-refractivity contribution in [3.8, 4) is 16.8 Å². The summed E-state index contributed by atoms with van der Waals surface area (Å²) in [4.78, 5) is 61.3. The number of pyridine rings is 1. The molecule has 0 bridgehead atoms. The first-order chi connectivity index (χ1) is 21.9. The standard InChI is InChI=1S/C35H34N6O4/c1-22-17-29-32(36-19-22)40(28-6-4-5-25(18-28)24-10-8-23(21-42)9-11-24)35(45)41(34(29)44)27-14-12-26(13-15-27)37-33(43)30-20-39-16-3-2-7-31(39)38-30/h4-6,8-11,17-21,26-27H,2-3,7,12-16H2,1H3,(H,37,43). The SMILES string of the molecule is Cc1cnc2c(c1)c(=O)n(C1CCC(NC(=O)c3cn4c(n3)CCCC4)CC1)c(=O)n2-c1cccc(-c2ccc(C=O)cc2)c1. The van der Waals surface area contributed by atoms with Crippen LogP contribution >= 0.6 is 0 Å². The van der Waals surface area contributed by atoms with E-state index in [2.05, 4.69) is 19.9 Å². The molecule has 10 nitrogen and oxygen atoms in total. The number of aryl methyl sites for hydroxylation is 3. The zero-order chi connectivity index (χ0) is 31.1. The molecule has 0 radical (unpaired) electrons. The van der Waals surface area contributed by atoms with Gasteiger partial charge in [0.2, 0.25) is 0 Å². The topological polar surface area (TPSA) is 121 Å². The highest BCUT2D eigenvalue weighted by atomic mass is 16.2. The summed E-state index contributed by atoms with van der Waals surface area (Å²) in [6.45, 7) is 2.77. The second-order valence-corrected chi connectivity index (χ2v) is 12.1. The van der Waals surface area contributed by atoms with Crippen molar-refractivity contribution >= 4 is 23.2 Å². The van der Waals surface area contributed by atoms with Gasteiger partial charge < -0.3 is 9.88 Å². The Labute approximate surface area is 259 Å². The van der Waals surface area contributed by atoms with Crippen molar-refractivity contribution in [3.05, 3.63) is 110 Å². The smallest absolute Gasteiger partial charge is 0.337 e. The highest BCUT2D eigenvalue weighted by molar-refractivity contribution is 5.92. The Morgan fingerprint density at radius 3 is 2.53 bits per heavy atom. The third kappa shape index (κ3) is 5.41. The lowest BCUT2D eigenvalue weighted by Crippen LogP contribution is -2.45. The van der Waals surface area contributed by atoms with Crippen LogP contribution < -0.4 is 16.6 Å². The molecule has 0 spiro atoms. The predicted octanol–water partition coefficient (Wildman–Crippen LogP) is 4.78. The Hall–Kier alpha value is -5.12. The van der Waals surface area contributed by atoms with Gasteiger partial charge in [0.05, 0.1) is 11.1 Å². The second kappa shape index (κ2) is 11.8. The number of aromatic nitrogens is 5. The number of amides is 1. The fourth-order valence-electron chi connectivity index (χ4n) is 6.71. The third-order valence-electron chi connectivity index (χ3n) is 9.08. The van der Waals surface area contributed by atoms with Gasteiger partial charge >= 0.3 is 5.69 Å². The maximum atomic E-state index is 14.2. The summed E-state index contributed by atoms with van der Waals surface area (Å²) in [7, 11) is 0. The molecule has 0 atom stereocenters. The molecular formula is C35H34N6O4. The normalized spacial score (nSPS) is 18.0. The van der Waals surface area contributed by atoms with E-state index in [1.54, 1.807) is 24.4 Å². The number of hydrogen-bond acceptors (Lipinski definition) is 6. The number of aldehydes is 1. The Morgan fingerprint density at radius 1 is 0.978 bits per heavy atom. The van der Waals surface area contributed by atoms with Gasteiger partial charge in [0.15, 0.2) is 5.65 Å². The number of carbonyl (C=O) groups is 2. The number of imidazole rings is 1. The number of carbonyl (C=O) groups excluding carboxylic acids is 2. The van der Waals surface area contributed by atoms with Gasteiger partial charge in [0.1, 0.15) is 17.8 Å². The van der Waals surface area contributed by atoms with Crippen LogP contribution in [0.25, 0.3) is 27.8 Å². The van der Waals surface area contributed by atoms with Crippen molar-refractivity contribution in [2.24, 2.45) is 0 Å². The molecule has 1 amide bonds. The number of hydrogen-bond donors (Lipinski definition) is 1. The van der Waals surface area contributed by atoms with E-state index in [4.69, 9.17) is 0 Å². The van der Waals surface area contributed by atoms with Crippen LogP contribution in [0.5, 0.6) is 0 Å². The van der Waals surface area contributed by atoms with Gasteiger partial charge in [0.25, 0.3) is 11.5 Å². The third-order valence-corrected chi connectivity index (χ3v) is 9.08. The van der Waals surface area contributed by atoms with Gasteiger partial charge in [-0.2, -0.15) is 0 Å². The zero-order valence-electron chi connectivity index (χ0n) is 25.1. The lowest BCUT2D eigenvalue weighted by atomic mass is 9.90. The molecule has 10 heteroatoms. The maximum Gasteiger partial charge on any atom is 0.337 e. The molecule has 2 aliphatic rings. The van der Waals surface area contributed by atoms with Crippen molar-refractivity contribution in [1.82, 2.24) is 29.0 Å². The fourth-order valence-corrected chi connectivity index (χ4v) is 6.71. The summed E-state index contributed by atoms with van der Waals surface area (Å²) in [5.41, 5.74) is 3.74. The first-order valence-electron chi connectivity index (χ1n) is 15.6. The highest BCUT2D eigenvalue weighted by Gasteiger charge is 2.29. The molecule has 0 unspecified atom stereocenters. The minimum absolute atomic E-state index is 0.0583. The number of fused-ring (bicyclic) bond motifs is 2. The van der Waals surface area contributed by atoms with E-state index in [0.717, 1.165) is 54.6 Å². The van der Waals surface area contributed by atoms with Crippen LogP contribution in [0.2, 0.25) is 0 Å². The lowest BCUT2D eigenvalue weighted by molar-refractivity contribution is 0.0917. The van der Waals surface area contributed by atoms with E-state index in [1.807, 2.05) is 49.5 Å². The summed E-state index contributed by atoms with van der Waals surface area (Å²) in [5, 5.41) is 3.52. The van der Waals surface area contributed by atoms with Crippen LogP contribution in [0.1, 0.15) is 76.8 Å². The fraction of sp³-hybridized carbons (Fsp3) is 0.314. The minimum Gasteiger partial charge on any atom is -0.348 e. The van der Waals surface area contributed by atoms with Gasteiger partial charge in [-0.05, 0) is 80.3 Å². The number of rotatable bonds is 6. The molecule has 1 aliphatic carbocycles. The van der Waals surface area contributed by atoms with E-state index in [9.17, 15) is 19.2 Å². The van der Waals surface area contributed by atoms with E-state index in [-0.39, 0.29) is 23.6 Å². The Kier molecular flexibility index (Phi) is 7.48. The molecule has 5 aromatic rings. The van der Waals surface area contributed by atoms with Crippen molar-refractivity contribution in [2.75, 3.05) is 0 Å². The Bertz CT molecular complexity index is 2020. The minimum atomic E-state index is -0.437. The first kappa shape index (κ1) is 28.6. The molecule has 7 rings (SSSR count). The summed E-state index contributed by atoms with van der Waals surface area (Å²) in [5.74, 6) is 0.793. The molecule has 4 heterocycles. The van der Waals surface area contributed by atoms with E-state index in [0.29, 0.717) is 53.7 Å². The monoisotopic (exact) mass is 602 g/mol. The van der Waals surface area contributed by atoms with Crippen molar-refractivity contribution < 1.29 is 9.59 Å². The van der Waals surface area contributed by atoms with Crippen molar-refractivity contribution in [3.63, 3.8) is 0 Å². The molecule has 1 N–H and O–H groups in total. The van der Waals surface area contributed by atoms with E-state index < -0.39 is 5.69 Å². The number of nitrogens with zero attached hydrogens (tertiary/aromatic N) is 5. The van der Waals surface area contributed by atoms with Crippen LogP contribution in [-0.2, 0) is 13.0 Å². The summed E-state index contributed by atoms with van der Waals surface area (Å²) < 4.78 is 4.98. The predicted molar refractivity (Wildman–Crippen MR) is 171 cm³/mol. The van der Waals surface area contributed by atoms with Gasteiger partial charge in [-0.15, -0.1) is 0 Å². The van der Waals surface area contributed by atoms with Gasteiger partial charge in [-0.1, -0.05) is 36.4 Å². The molecule has 45 heavy (non-hydrogen) atoms. The van der Waals surface area contributed by atoms with Crippen molar-refractivity contribution in [2.45, 2.75) is 70.5 Å². The van der Waals surface area contributed by atoms with Crippen LogP contribution in [0.3, 0.4) is 0 Å². The molecule has 2 aromatic carbocycles.